The van der Waals surface area contributed by atoms with E-state index in [4.69, 9.17) is 5.73 Å². The Hall–Kier alpha value is -0.610. The molecule has 14 heavy (non-hydrogen) atoms. The van der Waals surface area contributed by atoms with E-state index in [9.17, 15) is 9.90 Å². The third-order valence-corrected chi connectivity index (χ3v) is 4.64. The van der Waals surface area contributed by atoms with Gasteiger partial charge in [0.1, 0.15) is 0 Å². The van der Waals surface area contributed by atoms with Crippen LogP contribution >= 0.6 is 0 Å². The molecule has 0 aromatic heterocycles. The summed E-state index contributed by atoms with van der Waals surface area (Å²) in [5, 5.41) is 9.19. The Labute approximate surface area is 83.1 Å². The Balaban J connectivity index is 1.99. The number of carbonyl (C=O) groups is 1. The van der Waals surface area contributed by atoms with Crippen LogP contribution in [0.2, 0.25) is 0 Å². The maximum absolute atomic E-state index is 11.2. The van der Waals surface area contributed by atoms with Crippen molar-refractivity contribution in [2.75, 3.05) is 13.6 Å². The normalized spacial score (nSPS) is 55.6. The van der Waals surface area contributed by atoms with Crippen LogP contribution in [-0.4, -0.2) is 41.7 Å². The molecule has 4 nitrogen and oxygen atoms in total. The first-order chi connectivity index (χ1) is 6.61. The molecule has 2 saturated carbocycles. The van der Waals surface area contributed by atoms with Gasteiger partial charge in [-0.2, -0.15) is 0 Å². The van der Waals surface area contributed by atoms with E-state index in [-0.39, 0.29) is 17.9 Å². The second-order valence-electron chi connectivity index (χ2n) is 5.10. The second kappa shape index (κ2) is 2.49. The number of hydrogen-bond acceptors (Lipinski definition) is 3. The molecule has 3 aliphatic rings. The zero-order chi connectivity index (χ0) is 10.0. The Morgan fingerprint density at radius 1 is 1.43 bits per heavy atom. The average Bonchev–Trinajstić information content (AvgIpc) is 2.63. The van der Waals surface area contributed by atoms with Gasteiger partial charge in [-0.25, -0.2) is 0 Å². The molecule has 3 N–H and O–H groups in total. The molecule has 4 heteroatoms. The summed E-state index contributed by atoms with van der Waals surface area (Å²) in [6.07, 6.45) is 1.04. The zero-order valence-electron chi connectivity index (χ0n) is 8.26. The van der Waals surface area contributed by atoms with Gasteiger partial charge in [0.05, 0.1) is 5.92 Å². The number of nitrogens with two attached hydrogens (primary N) is 1. The van der Waals surface area contributed by atoms with Crippen molar-refractivity contribution in [1.29, 1.82) is 0 Å². The summed E-state index contributed by atoms with van der Waals surface area (Å²) in [7, 11) is 2.07. The van der Waals surface area contributed by atoms with Gasteiger partial charge < -0.3 is 15.7 Å². The minimum atomic E-state index is -0.633. The number of likely N-dealkylation sites (tertiary alicyclic amines) is 1. The number of rotatable bonds is 1. The fourth-order valence-corrected chi connectivity index (χ4v) is 4.24. The van der Waals surface area contributed by atoms with Crippen molar-refractivity contribution in [1.82, 2.24) is 4.90 Å². The molecule has 1 aliphatic heterocycles. The number of likely N-dealkylation sites (N-methyl/N-ethyl adjacent to an activating group) is 1. The zero-order valence-corrected chi connectivity index (χ0v) is 8.26. The van der Waals surface area contributed by atoms with Crippen molar-refractivity contribution in [3.8, 4) is 0 Å². The molecular formula is C10H16N2O2. The molecule has 2 aliphatic carbocycles. The van der Waals surface area contributed by atoms with Crippen LogP contribution in [0.15, 0.2) is 0 Å². The highest BCUT2D eigenvalue weighted by atomic mass is 16.4. The summed E-state index contributed by atoms with van der Waals surface area (Å²) >= 11 is 0. The first-order valence-corrected chi connectivity index (χ1v) is 5.30. The molecule has 1 saturated heterocycles. The minimum absolute atomic E-state index is 0.0878. The van der Waals surface area contributed by atoms with E-state index in [0.29, 0.717) is 17.9 Å². The quantitative estimate of drug-likeness (QED) is 0.598. The standard InChI is InChI=1S/C10H16N2O2/c1-12-3-6-4-2-5(7(6)10(13)14)8(11)9(4)12/h4-9H,2-3,11H2,1H3,(H,13,14). The van der Waals surface area contributed by atoms with Gasteiger partial charge in [0.15, 0.2) is 0 Å². The van der Waals surface area contributed by atoms with Crippen LogP contribution in [0.3, 0.4) is 0 Å². The average molecular weight is 196 g/mol. The van der Waals surface area contributed by atoms with Crippen molar-refractivity contribution in [2.24, 2.45) is 29.4 Å². The number of fused-ring (bicyclic) bond motifs is 1. The van der Waals surface area contributed by atoms with E-state index in [1.165, 1.54) is 0 Å². The van der Waals surface area contributed by atoms with Crippen LogP contribution in [0.4, 0.5) is 0 Å². The minimum Gasteiger partial charge on any atom is -0.481 e. The highest BCUT2D eigenvalue weighted by Crippen LogP contribution is 2.57. The van der Waals surface area contributed by atoms with Crippen LogP contribution in [0, 0.1) is 23.7 Å². The van der Waals surface area contributed by atoms with Crippen molar-refractivity contribution in [3.63, 3.8) is 0 Å². The molecule has 3 fully saturated rings. The van der Waals surface area contributed by atoms with Gasteiger partial charge in [-0.15, -0.1) is 0 Å². The smallest absolute Gasteiger partial charge is 0.307 e. The van der Waals surface area contributed by atoms with Crippen LogP contribution in [0.1, 0.15) is 6.42 Å². The molecule has 2 bridgehead atoms. The fraction of sp³-hybridized carbons (Fsp3) is 0.900. The van der Waals surface area contributed by atoms with Crippen molar-refractivity contribution < 1.29 is 9.90 Å². The number of hydrogen-bond donors (Lipinski definition) is 2. The van der Waals surface area contributed by atoms with E-state index in [0.717, 1.165) is 13.0 Å². The summed E-state index contributed by atoms with van der Waals surface area (Å²) in [6, 6.07) is 0.547. The molecule has 6 unspecified atom stereocenters. The maximum atomic E-state index is 11.2. The van der Waals surface area contributed by atoms with E-state index in [1.54, 1.807) is 0 Å². The summed E-state index contributed by atoms with van der Waals surface area (Å²) in [6.45, 7) is 0.927. The third kappa shape index (κ3) is 0.792. The second-order valence-corrected chi connectivity index (χ2v) is 5.10. The Morgan fingerprint density at radius 2 is 2.14 bits per heavy atom. The number of carboxylic acid groups (broad SMARTS) is 1. The van der Waals surface area contributed by atoms with Crippen molar-refractivity contribution >= 4 is 5.97 Å². The topological polar surface area (TPSA) is 66.6 Å². The molecule has 6 atom stereocenters. The van der Waals surface area contributed by atoms with Gasteiger partial charge in [-0.05, 0) is 31.2 Å². The summed E-state index contributed by atoms with van der Waals surface area (Å²) in [5.41, 5.74) is 6.11. The maximum Gasteiger partial charge on any atom is 0.307 e. The molecule has 78 valence electrons. The predicted octanol–water partition coefficient (Wildman–Crippen LogP) is -0.406. The van der Waals surface area contributed by atoms with Gasteiger partial charge in [0.25, 0.3) is 0 Å². The first kappa shape index (κ1) is 8.68. The lowest BCUT2D eigenvalue weighted by molar-refractivity contribution is -0.145. The van der Waals surface area contributed by atoms with E-state index in [2.05, 4.69) is 11.9 Å². The highest BCUT2D eigenvalue weighted by Gasteiger charge is 2.63. The SMILES string of the molecule is CN1CC2C3CC(C(N)C31)C2C(=O)O. The van der Waals surface area contributed by atoms with Gasteiger partial charge in [-0.3, -0.25) is 4.79 Å². The van der Waals surface area contributed by atoms with Crippen LogP contribution in [-0.2, 0) is 4.79 Å². The molecule has 1 heterocycles. The summed E-state index contributed by atoms with van der Waals surface area (Å²) < 4.78 is 0. The molecule has 0 aromatic carbocycles. The summed E-state index contributed by atoms with van der Waals surface area (Å²) in [5.74, 6) is 0.355. The molecule has 3 rings (SSSR count). The molecule has 0 spiro atoms. The lowest BCUT2D eigenvalue weighted by atomic mass is 9.78. The van der Waals surface area contributed by atoms with Gasteiger partial charge in [0, 0.05) is 18.6 Å². The van der Waals surface area contributed by atoms with Gasteiger partial charge in [-0.1, -0.05) is 0 Å². The Kier molecular flexibility index (Phi) is 1.55. The monoisotopic (exact) mass is 196 g/mol. The van der Waals surface area contributed by atoms with E-state index >= 15 is 0 Å². The van der Waals surface area contributed by atoms with Crippen molar-refractivity contribution in [2.45, 2.75) is 18.5 Å². The van der Waals surface area contributed by atoms with Crippen LogP contribution in [0.5, 0.6) is 0 Å². The Bertz CT molecular complexity index is 290. The van der Waals surface area contributed by atoms with E-state index in [1.807, 2.05) is 0 Å². The molecule has 0 radical (unpaired) electrons. The fourth-order valence-electron chi connectivity index (χ4n) is 4.24. The highest BCUT2D eigenvalue weighted by molar-refractivity contribution is 5.72. The summed E-state index contributed by atoms with van der Waals surface area (Å²) in [4.78, 5) is 13.4. The number of nitrogens with zero attached hydrogens (tertiary/aromatic N) is 1. The molecule has 0 amide bonds. The lowest BCUT2D eigenvalue weighted by Crippen LogP contribution is -2.48. The largest absolute Gasteiger partial charge is 0.481 e. The molecule has 0 aromatic rings. The first-order valence-electron chi connectivity index (χ1n) is 5.30. The lowest BCUT2D eigenvalue weighted by Gasteiger charge is -2.30. The molecular weight excluding hydrogens is 180 g/mol. The van der Waals surface area contributed by atoms with Crippen molar-refractivity contribution in [3.05, 3.63) is 0 Å². The van der Waals surface area contributed by atoms with Crippen LogP contribution in [0.25, 0.3) is 0 Å². The van der Waals surface area contributed by atoms with Gasteiger partial charge >= 0.3 is 5.97 Å². The van der Waals surface area contributed by atoms with Gasteiger partial charge in [0.2, 0.25) is 0 Å². The number of carboxylic acids is 1. The van der Waals surface area contributed by atoms with Crippen LogP contribution < -0.4 is 5.73 Å². The predicted molar refractivity (Wildman–Crippen MR) is 50.6 cm³/mol. The Morgan fingerprint density at radius 3 is 2.79 bits per heavy atom. The third-order valence-electron chi connectivity index (χ3n) is 4.64. The van der Waals surface area contributed by atoms with E-state index < -0.39 is 5.97 Å². The number of aliphatic carboxylic acids is 1.